The van der Waals surface area contributed by atoms with Crippen molar-refractivity contribution in [3.63, 3.8) is 0 Å². The Hall–Kier alpha value is -11.5. The Kier molecular flexibility index (Phi) is 213. The fraction of sp³-hybridized carbons (Fsp3) is 0.227. The number of halogens is 1. The molecule has 10 aromatic rings. The minimum absolute atomic E-state index is 0. The SMILES string of the molecule is CB(O)O.CC.CC.CC.CC=O.CCO.CCOC.CF.CO.CO.COC.[C-]#[N+]c1ccccc1.[C-]#[N+]c1ccccc1.[C-]#[N+]c1ccccc1.[C-]#[N+]c1ccccc1.[C-]#[N+]c1ccccc1.[C-]#[N+]c1ccccc1.[C-]#[N+]c1ccccc1.[C-]#[N+]c1ccccc1.[C-]#[N+]c1ccccc1.[C-]#[N+]c1ccccc1.[CH-]=O.[CH2-]CC.[CH2-]CC.[CH3-].[V].[V].[V].[V]. The summed E-state index contributed by atoms with van der Waals surface area (Å²) in [5, 5.41) is 36.8. The van der Waals surface area contributed by atoms with Gasteiger partial charge >= 0.3 is 7.12 Å². The first-order chi connectivity index (χ1) is 57.0. The first-order valence-electron chi connectivity index (χ1n) is 35.7. The maximum absolute atomic E-state index is 9.50. The Morgan fingerprint density at radius 2 is 0.377 bits per heavy atom. The molecule has 122 heavy (non-hydrogen) atoms. The van der Waals surface area contributed by atoms with Crippen molar-refractivity contribution < 1.29 is 123 Å². The molecule has 0 saturated carbocycles. The van der Waals surface area contributed by atoms with Crippen molar-refractivity contribution in [3.8, 4) is 0 Å². The Balaban J connectivity index is -0.0000000542. The number of methoxy groups -OCH3 is 2. The van der Waals surface area contributed by atoms with Crippen molar-refractivity contribution in [1.82, 2.24) is 0 Å². The summed E-state index contributed by atoms with van der Waals surface area (Å²) in [6, 6.07) is 91.8. The molecule has 4 radical (unpaired) electrons. The van der Waals surface area contributed by atoms with E-state index in [1.807, 2.05) is 244 Å². The van der Waals surface area contributed by atoms with E-state index in [-0.39, 0.29) is 88.3 Å². The minimum atomic E-state index is -1.17. The van der Waals surface area contributed by atoms with E-state index in [9.17, 15) is 4.39 Å². The van der Waals surface area contributed by atoms with Crippen LogP contribution in [0, 0.1) is 87.0 Å². The van der Waals surface area contributed by atoms with Crippen LogP contribution in [0.25, 0.3) is 48.5 Å². The van der Waals surface area contributed by atoms with Gasteiger partial charge in [-0.1, -0.05) is 359 Å². The number of nitrogens with zero attached hydrogens (tertiary/aromatic N) is 10. The molecule has 0 aliphatic rings. The Labute approximate surface area is 784 Å². The van der Waals surface area contributed by atoms with E-state index in [1.54, 1.807) is 150 Å². The van der Waals surface area contributed by atoms with E-state index in [2.05, 4.69) is 78.6 Å². The van der Waals surface area contributed by atoms with Crippen molar-refractivity contribution in [2.24, 2.45) is 0 Å². The molecule has 0 spiro atoms. The van der Waals surface area contributed by atoms with Gasteiger partial charge in [-0.05, 0) is 27.6 Å². The van der Waals surface area contributed by atoms with Gasteiger partial charge in [0.25, 0.3) is 0 Å². The number of aldehydes is 1. The van der Waals surface area contributed by atoms with Crippen LogP contribution in [0.4, 0.5) is 61.3 Å². The molecule has 19 nitrogen and oxygen atoms in total. The van der Waals surface area contributed by atoms with Crippen molar-refractivity contribution in [1.29, 1.82) is 0 Å². The van der Waals surface area contributed by atoms with Gasteiger partial charge in [-0.3, -0.25) is 11.2 Å². The van der Waals surface area contributed by atoms with Gasteiger partial charge in [-0.15, -0.1) is 0 Å². The second-order valence-electron chi connectivity index (χ2n) is 17.6. The molecule has 0 unspecified atom stereocenters. The quantitative estimate of drug-likeness (QED) is 0.0603. The molecule has 0 amide bonds. The summed E-state index contributed by atoms with van der Waals surface area (Å²) in [6.45, 7) is 99.4. The number of hydrogen-bond donors (Lipinski definition) is 5. The summed E-state index contributed by atoms with van der Waals surface area (Å²) < 4.78 is 18.3. The Bertz CT molecular complexity index is 3100. The van der Waals surface area contributed by atoms with Crippen molar-refractivity contribution in [2.75, 3.05) is 55.9 Å². The number of aliphatic hydroxyl groups is 3. The number of benzene rings is 10. The molecular weight excluding hydrogens is 1680 g/mol. The number of para-hydroxylation sites is 10. The molecule has 0 aromatic heterocycles. The molecule has 0 bridgehead atoms. The van der Waals surface area contributed by atoms with Gasteiger partial charge in [-0.2, -0.15) is 12.8 Å². The largest absolute Gasteiger partial charge is 0.545 e. The molecule has 25 heteroatoms. The zero-order valence-electron chi connectivity index (χ0n) is 74.4. The van der Waals surface area contributed by atoms with Crippen LogP contribution in [-0.2, 0) is 93.3 Å². The predicted octanol–water partition coefficient (Wildman–Crippen LogP) is 28.1. The number of hydrogen-bond acceptors (Lipinski definition) is 9. The zero-order valence-corrected chi connectivity index (χ0v) is 79.9. The van der Waals surface area contributed by atoms with E-state index >= 15 is 0 Å². The van der Waals surface area contributed by atoms with Crippen molar-refractivity contribution in [3.05, 3.63) is 439 Å². The fourth-order valence-electron chi connectivity index (χ4n) is 5.03. The third-order valence-electron chi connectivity index (χ3n) is 9.14. The number of carbonyl (C=O) groups is 1. The van der Waals surface area contributed by atoms with Crippen LogP contribution in [0.2, 0.25) is 6.82 Å². The molecule has 0 saturated heterocycles. The standard InChI is InChI=1S/10C7H5N.C3H8O.2C3H7.2C2H6O.C2H4O.3C2H6.CH5BO2.CH3F.2CH4O.CHO.CH3.4V/c10*1-8-7-5-3-2-4-6-7;1-3-4-2;3*1-3-2;2*1-2-3;3*1-2;1-2(3)4;4*1-2;;;;;/h10*2-6H;3H2,1-2H3;2*1,3H2,2H3;1-2H3;3H,2H2,1H3;2H,1H3;3*1-2H3;3-4H,1H3;1H3;2*2H,1H3;1H;1H3;;;;/q;;;;;;;;;;;2*-1;;;;;;;;;;;2*-1;;;;. The predicted molar refractivity (Wildman–Crippen MR) is 500 cm³/mol. The number of aliphatic hydroxyl groups excluding tert-OH is 3. The molecule has 0 atom stereocenters. The summed E-state index contributed by atoms with van der Waals surface area (Å²) in [4.78, 5) is 48.8. The van der Waals surface area contributed by atoms with Crippen LogP contribution in [0.1, 0.15) is 89.0 Å². The van der Waals surface area contributed by atoms with Crippen LogP contribution in [0.3, 0.4) is 0 Å². The molecule has 0 fully saturated rings. The van der Waals surface area contributed by atoms with Gasteiger partial charge in [-0.25, -0.2) is 48.5 Å². The van der Waals surface area contributed by atoms with Crippen LogP contribution >= 0.6 is 0 Å². The Morgan fingerprint density at radius 3 is 0.402 bits per heavy atom. The second-order valence-corrected chi connectivity index (χ2v) is 17.6. The topological polar surface area (TPSA) is 197 Å². The summed E-state index contributed by atoms with van der Waals surface area (Å²) >= 11 is 0. The minimum Gasteiger partial charge on any atom is -0.545 e. The third kappa shape index (κ3) is 157. The average Bonchev–Trinajstić information content (AvgIpc) is 1.09. The van der Waals surface area contributed by atoms with Crippen molar-refractivity contribution >= 4 is 77.1 Å². The normalized spacial score (nSPS) is 6.66. The number of ether oxygens (including phenoxy) is 2. The summed E-state index contributed by atoms with van der Waals surface area (Å²) in [5.74, 6) is 0. The summed E-state index contributed by atoms with van der Waals surface area (Å²) in [7, 11) is 6.26. The van der Waals surface area contributed by atoms with Gasteiger partial charge in [0.15, 0.2) is 56.9 Å². The van der Waals surface area contributed by atoms with E-state index in [4.69, 9.17) is 101 Å². The third-order valence-corrected chi connectivity index (χ3v) is 9.14. The van der Waals surface area contributed by atoms with E-state index in [1.165, 1.54) is 13.7 Å². The zero-order chi connectivity index (χ0) is 92.7. The van der Waals surface area contributed by atoms with Gasteiger partial charge in [0.05, 0.1) is 72.9 Å². The van der Waals surface area contributed by atoms with Crippen LogP contribution in [0.15, 0.2) is 303 Å². The monoisotopic (exact) mass is 1810 g/mol. The van der Waals surface area contributed by atoms with E-state index < -0.39 is 7.12 Å². The number of carbonyl (C=O) groups excluding carboxylic acids is 2. The summed E-state index contributed by atoms with van der Waals surface area (Å²) in [6.07, 6.45) is 2.75. The first-order valence-corrected chi connectivity index (χ1v) is 35.7. The molecule has 0 heterocycles. The van der Waals surface area contributed by atoms with Gasteiger partial charge in [0, 0.05) is 123 Å². The second kappa shape index (κ2) is 165. The molecular formula is C97H126BFN10O9V4-4. The maximum Gasteiger partial charge on any atom is 0.448 e. The molecule has 5 N–H and O–H groups in total. The first kappa shape index (κ1) is 158. The van der Waals surface area contributed by atoms with Crippen molar-refractivity contribution in [2.45, 2.75) is 95.8 Å². The maximum atomic E-state index is 9.50. The number of rotatable bonds is 1. The number of alkyl halides is 1. The Morgan fingerprint density at radius 1 is 0.328 bits per heavy atom. The summed E-state index contributed by atoms with van der Waals surface area (Å²) in [5.41, 5.74) is 7.01. The molecule has 0 aliphatic carbocycles. The molecule has 10 rings (SSSR count). The van der Waals surface area contributed by atoms with Crippen LogP contribution in [0.5, 0.6) is 0 Å². The van der Waals surface area contributed by atoms with E-state index in [0.29, 0.717) is 64.1 Å². The average molecular weight is 1810 g/mol. The molecule has 652 valence electrons. The molecule has 10 aromatic carbocycles. The fourth-order valence-corrected chi connectivity index (χ4v) is 5.03. The van der Waals surface area contributed by atoms with Crippen LogP contribution < -0.4 is 0 Å². The van der Waals surface area contributed by atoms with Gasteiger partial charge in [0.2, 0.25) is 0 Å². The molecule has 0 aliphatic heterocycles. The smallest absolute Gasteiger partial charge is 0.448 e. The van der Waals surface area contributed by atoms with Gasteiger partial charge < -0.3 is 65.7 Å². The van der Waals surface area contributed by atoms with E-state index in [0.717, 1.165) is 40.0 Å². The van der Waals surface area contributed by atoms with Gasteiger partial charge in [0.1, 0.15) is 6.29 Å². The van der Waals surface area contributed by atoms with Crippen LogP contribution in [-0.4, -0.2) is 102 Å².